The van der Waals surface area contributed by atoms with Gasteiger partial charge in [0.2, 0.25) is 11.8 Å². The number of benzene rings is 4. The Kier molecular flexibility index (Phi) is 12.6. The van der Waals surface area contributed by atoms with Crippen LogP contribution in [-0.2, 0) is 32.6 Å². The molecule has 0 bridgehead atoms. The van der Waals surface area contributed by atoms with Gasteiger partial charge in [-0.3, -0.25) is 13.9 Å². The fourth-order valence-electron chi connectivity index (χ4n) is 4.99. The number of anilines is 1. The van der Waals surface area contributed by atoms with Crippen LogP contribution in [-0.4, -0.2) is 50.9 Å². The summed E-state index contributed by atoms with van der Waals surface area (Å²) in [5, 5.41) is 3.42. The number of hydrogen-bond donors (Lipinski definition) is 1. The van der Waals surface area contributed by atoms with E-state index in [1.807, 2.05) is 50.2 Å². The fraction of sp³-hybridized carbons (Fsp3) is 0.278. The summed E-state index contributed by atoms with van der Waals surface area (Å²) in [4.78, 5) is 29.8. The Morgan fingerprint density at radius 2 is 1.48 bits per heavy atom. The van der Waals surface area contributed by atoms with Gasteiger partial charge in [0.05, 0.1) is 17.2 Å². The second-order valence-corrected chi connectivity index (χ2v) is 13.0. The number of rotatable bonds is 16. The maximum Gasteiger partial charge on any atom is 0.264 e. The van der Waals surface area contributed by atoms with Crippen LogP contribution in [0.3, 0.4) is 0 Å². The summed E-state index contributed by atoms with van der Waals surface area (Å²) < 4.78 is 34.9. The van der Waals surface area contributed by atoms with E-state index in [4.69, 9.17) is 16.3 Å². The molecule has 0 aliphatic rings. The minimum atomic E-state index is -4.19. The Labute approximate surface area is 277 Å². The van der Waals surface area contributed by atoms with E-state index >= 15 is 0 Å². The molecule has 0 heterocycles. The van der Waals surface area contributed by atoms with Crippen LogP contribution in [0.15, 0.2) is 114 Å². The summed E-state index contributed by atoms with van der Waals surface area (Å²) in [7, 11) is -4.19. The molecule has 0 aromatic heterocycles. The number of halogens is 1. The zero-order valence-electron chi connectivity index (χ0n) is 26.1. The van der Waals surface area contributed by atoms with Crippen molar-refractivity contribution in [1.82, 2.24) is 10.2 Å². The zero-order chi connectivity index (χ0) is 32.9. The number of nitrogens with zero attached hydrogens (tertiary/aromatic N) is 2. The molecule has 4 aromatic rings. The summed E-state index contributed by atoms with van der Waals surface area (Å²) in [6.07, 6.45) is 1.90. The third-order valence-electron chi connectivity index (χ3n) is 7.44. The van der Waals surface area contributed by atoms with Crippen LogP contribution >= 0.6 is 11.6 Å². The zero-order valence-corrected chi connectivity index (χ0v) is 27.7. The second kappa shape index (κ2) is 16.8. The Morgan fingerprint density at radius 3 is 2.11 bits per heavy atom. The summed E-state index contributed by atoms with van der Waals surface area (Å²) in [5.74, 6) is -0.308. The number of ether oxygens (including phenoxy) is 1. The van der Waals surface area contributed by atoms with Crippen molar-refractivity contribution < 1.29 is 22.7 Å². The maximum atomic E-state index is 14.5. The van der Waals surface area contributed by atoms with Crippen LogP contribution in [0.2, 0.25) is 5.02 Å². The lowest BCUT2D eigenvalue weighted by atomic mass is 10.0. The molecule has 0 radical (unpaired) electrons. The summed E-state index contributed by atoms with van der Waals surface area (Å²) in [6, 6.07) is 30.1. The lowest BCUT2D eigenvalue weighted by Gasteiger charge is -2.34. The minimum absolute atomic E-state index is 0.000291. The largest absolute Gasteiger partial charge is 0.494 e. The average Bonchev–Trinajstić information content (AvgIpc) is 3.07. The first-order valence-corrected chi connectivity index (χ1v) is 17.2. The van der Waals surface area contributed by atoms with Gasteiger partial charge in [-0.25, -0.2) is 8.42 Å². The van der Waals surface area contributed by atoms with Crippen LogP contribution < -0.4 is 14.4 Å². The maximum absolute atomic E-state index is 14.5. The number of carbonyl (C=O) groups excluding carboxylic acids is 2. The minimum Gasteiger partial charge on any atom is -0.494 e. The van der Waals surface area contributed by atoms with Crippen molar-refractivity contribution in [3.05, 3.63) is 125 Å². The molecule has 8 nitrogen and oxygen atoms in total. The molecule has 0 aliphatic heterocycles. The first-order chi connectivity index (χ1) is 22.2. The first kappa shape index (κ1) is 34.5. The van der Waals surface area contributed by atoms with Crippen LogP contribution in [0.25, 0.3) is 0 Å². The third-order valence-corrected chi connectivity index (χ3v) is 9.60. The molecule has 0 saturated heterocycles. The van der Waals surface area contributed by atoms with Gasteiger partial charge >= 0.3 is 0 Å². The molecule has 46 heavy (non-hydrogen) atoms. The van der Waals surface area contributed by atoms with Crippen molar-refractivity contribution in [3.8, 4) is 5.75 Å². The van der Waals surface area contributed by atoms with Crippen molar-refractivity contribution in [3.63, 3.8) is 0 Å². The quantitative estimate of drug-likeness (QED) is 0.139. The molecule has 0 aliphatic carbocycles. The number of carbonyl (C=O) groups is 2. The molecule has 242 valence electrons. The van der Waals surface area contributed by atoms with E-state index in [-0.39, 0.29) is 29.5 Å². The average molecular weight is 662 g/mol. The van der Waals surface area contributed by atoms with Crippen LogP contribution in [0.4, 0.5) is 5.69 Å². The van der Waals surface area contributed by atoms with Crippen LogP contribution in [0, 0.1) is 0 Å². The molecule has 2 amide bonds. The number of nitrogens with one attached hydrogen (secondary N) is 1. The highest BCUT2D eigenvalue weighted by molar-refractivity contribution is 7.92. The Bertz CT molecular complexity index is 1670. The van der Waals surface area contributed by atoms with E-state index < -0.39 is 28.5 Å². The summed E-state index contributed by atoms with van der Waals surface area (Å²) in [6.45, 7) is 4.24. The second-order valence-electron chi connectivity index (χ2n) is 10.7. The predicted molar refractivity (Wildman–Crippen MR) is 182 cm³/mol. The van der Waals surface area contributed by atoms with Gasteiger partial charge in [-0.2, -0.15) is 0 Å². The van der Waals surface area contributed by atoms with Gasteiger partial charge in [0.1, 0.15) is 18.3 Å². The highest BCUT2D eigenvalue weighted by Crippen LogP contribution is 2.27. The van der Waals surface area contributed by atoms with Crippen molar-refractivity contribution in [2.24, 2.45) is 0 Å². The van der Waals surface area contributed by atoms with Gasteiger partial charge in [-0.05, 0) is 66.9 Å². The molecular formula is C36H40ClN3O5S. The van der Waals surface area contributed by atoms with E-state index in [0.717, 1.165) is 22.7 Å². The molecule has 0 saturated carbocycles. The highest BCUT2D eigenvalue weighted by atomic mass is 35.5. The van der Waals surface area contributed by atoms with E-state index in [1.54, 1.807) is 60.7 Å². The van der Waals surface area contributed by atoms with E-state index in [2.05, 4.69) is 5.32 Å². The summed E-state index contributed by atoms with van der Waals surface area (Å²) >= 11 is 6.56. The van der Waals surface area contributed by atoms with Gasteiger partial charge in [0, 0.05) is 24.5 Å². The number of unbranched alkanes of at least 4 members (excludes halogenated alkanes) is 1. The third kappa shape index (κ3) is 9.11. The van der Waals surface area contributed by atoms with E-state index in [9.17, 15) is 18.0 Å². The van der Waals surface area contributed by atoms with Crippen molar-refractivity contribution >= 4 is 39.1 Å². The van der Waals surface area contributed by atoms with Crippen molar-refractivity contribution in [2.75, 3.05) is 24.0 Å². The van der Waals surface area contributed by atoms with Crippen LogP contribution in [0.1, 0.15) is 37.8 Å². The smallest absolute Gasteiger partial charge is 0.264 e. The van der Waals surface area contributed by atoms with Crippen molar-refractivity contribution in [2.45, 2.75) is 50.6 Å². The molecule has 0 unspecified atom stereocenters. The molecule has 10 heteroatoms. The lowest BCUT2D eigenvalue weighted by Crippen LogP contribution is -2.53. The molecule has 0 fully saturated rings. The Hall–Kier alpha value is -4.34. The lowest BCUT2D eigenvalue weighted by molar-refractivity contribution is -0.140. The number of hydrogen-bond acceptors (Lipinski definition) is 5. The topological polar surface area (TPSA) is 96.0 Å². The molecule has 4 rings (SSSR count). The Balaban J connectivity index is 1.79. The number of amides is 2. The molecular weight excluding hydrogens is 622 g/mol. The predicted octanol–water partition coefficient (Wildman–Crippen LogP) is 6.49. The SMILES string of the molecule is CCCCNC(=O)[C@H](Cc1ccccc1)N(Cc1ccccc1Cl)C(=O)CN(c1ccc(OCC)cc1)S(=O)(=O)c1ccccc1. The van der Waals surface area contributed by atoms with Gasteiger partial charge in [0.25, 0.3) is 10.0 Å². The van der Waals surface area contributed by atoms with Gasteiger partial charge in [0.15, 0.2) is 0 Å². The van der Waals surface area contributed by atoms with Gasteiger partial charge in [-0.15, -0.1) is 0 Å². The van der Waals surface area contributed by atoms with E-state index in [0.29, 0.717) is 29.5 Å². The Morgan fingerprint density at radius 1 is 0.848 bits per heavy atom. The first-order valence-electron chi connectivity index (χ1n) is 15.4. The summed E-state index contributed by atoms with van der Waals surface area (Å²) in [5.41, 5.74) is 1.77. The van der Waals surface area contributed by atoms with Gasteiger partial charge in [-0.1, -0.05) is 91.7 Å². The molecule has 0 spiro atoms. The monoisotopic (exact) mass is 661 g/mol. The van der Waals surface area contributed by atoms with E-state index in [1.165, 1.54) is 17.0 Å². The fourth-order valence-corrected chi connectivity index (χ4v) is 6.62. The molecule has 1 N–H and O–H groups in total. The van der Waals surface area contributed by atoms with Crippen LogP contribution in [0.5, 0.6) is 5.75 Å². The molecule has 4 aromatic carbocycles. The highest BCUT2D eigenvalue weighted by Gasteiger charge is 2.34. The molecule has 1 atom stereocenters. The normalized spacial score (nSPS) is 11.8. The van der Waals surface area contributed by atoms with Gasteiger partial charge < -0.3 is 15.0 Å². The number of sulfonamides is 1. The standard InChI is InChI=1S/C36H40ClN3O5S/c1-3-5-24-38-36(42)34(25-28-14-8-6-9-15-28)39(26-29-16-12-13-19-33(29)37)35(41)27-40(30-20-22-31(23-21-30)45-4-2)46(43,44)32-17-10-7-11-18-32/h6-23,34H,3-5,24-27H2,1-2H3,(H,38,42)/t34-/m0/s1. The van der Waals surface area contributed by atoms with Crippen molar-refractivity contribution in [1.29, 1.82) is 0 Å².